The number of nitrogens with two attached hydrogens (primary N) is 2. The number of methoxy groups -OCH3 is 1. The molecular formula is C39H81Cl6I7N16O2V2-2. The number of hydroxylamine groups is 1. The van der Waals surface area contributed by atoms with E-state index in [1.807, 2.05) is 0 Å². The molecular weight excluding hydrogens is 1930 g/mol. The minimum absolute atomic E-state index is 0. The van der Waals surface area contributed by atoms with Gasteiger partial charge in [0.2, 0.25) is 44.9 Å². The summed E-state index contributed by atoms with van der Waals surface area (Å²) < 4.78 is 5.12. The van der Waals surface area contributed by atoms with Gasteiger partial charge in [-0.25, -0.2) is 5.06 Å². The number of nitrogens with one attached hydrogen (secondary N) is 4. The van der Waals surface area contributed by atoms with Crippen LogP contribution in [0.2, 0.25) is 21.1 Å². The fourth-order valence-corrected chi connectivity index (χ4v) is 3.51. The van der Waals surface area contributed by atoms with Gasteiger partial charge < -0.3 is 51.8 Å². The van der Waals surface area contributed by atoms with Crippen LogP contribution in [0.1, 0.15) is 90.0 Å². The molecule has 3 heterocycles. The predicted molar refractivity (Wildman–Crippen MR) is 373 cm³/mol. The van der Waals surface area contributed by atoms with Crippen molar-refractivity contribution in [2.45, 2.75) is 93.9 Å². The Morgan fingerprint density at radius 3 is 0.875 bits per heavy atom. The number of aromatic nitrogens is 9. The summed E-state index contributed by atoms with van der Waals surface area (Å²) in [5, 5.41) is 14.4. The summed E-state index contributed by atoms with van der Waals surface area (Å²) in [5.74, 6) is 5.36. The molecule has 0 unspecified atom stereocenters. The Balaban J connectivity index is -0.0000000978. The summed E-state index contributed by atoms with van der Waals surface area (Å²) in [4.78, 5) is 40.3. The van der Waals surface area contributed by atoms with E-state index in [1.165, 1.54) is 5.06 Å². The summed E-state index contributed by atoms with van der Waals surface area (Å²) in [6.07, 6.45) is 0. The average molecular weight is 2010 g/mol. The number of rotatable bonds is 16. The fraction of sp³-hybridized carbons (Fsp3) is 0.718. The first-order chi connectivity index (χ1) is 31.9. The Bertz CT molecular complexity index is 1480. The van der Waals surface area contributed by atoms with Crippen molar-refractivity contribution in [2.75, 3.05) is 87.1 Å². The second kappa shape index (κ2) is 65.7. The molecule has 3 aromatic heterocycles. The van der Waals surface area contributed by atoms with E-state index in [-0.39, 0.29) is 63.2 Å². The Kier molecular flexibility index (Phi) is 86.8. The molecule has 432 valence electrons. The molecule has 18 nitrogen and oxygen atoms in total. The van der Waals surface area contributed by atoms with Gasteiger partial charge in [0.05, 0.1) is 13.8 Å². The van der Waals surface area contributed by atoms with Crippen LogP contribution in [0.5, 0.6) is 0 Å². The SMILES string of the molecule is CC(C)CN.CC(C)CNc1nc(Cl)nc(NCC(C)C)n1.CC(C)I.COCN.CON(C)c1nc(NCC(C)C)nc(NCC(C)C)n1.Cl.Cl.Clc1nc(Cl)nc(Cl)n1.[CH2-]C.[CH3-].[I][V]([I])[I].[I][V]([I])[I]. The van der Waals surface area contributed by atoms with Gasteiger partial charge in [0.15, 0.2) is 0 Å². The van der Waals surface area contributed by atoms with Crippen LogP contribution >= 0.6 is 214 Å². The maximum atomic E-state index is 5.84. The molecule has 0 radical (unpaired) electrons. The molecule has 0 amide bonds. The van der Waals surface area contributed by atoms with Gasteiger partial charge in [0, 0.05) is 44.3 Å². The molecule has 0 fully saturated rings. The first-order valence-corrected chi connectivity index (χ1v) is 50.7. The van der Waals surface area contributed by atoms with Gasteiger partial charge in [-0.15, -0.1) is 24.8 Å². The number of hydrogen-bond acceptors (Lipinski definition) is 18. The third-order valence-electron chi connectivity index (χ3n) is 5.65. The molecule has 0 saturated heterocycles. The van der Waals surface area contributed by atoms with Crippen molar-refractivity contribution in [3.05, 3.63) is 35.5 Å². The van der Waals surface area contributed by atoms with E-state index in [0.717, 1.165) is 36.6 Å². The normalized spacial score (nSPS) is 9.53. The van der Waals surface area contributed by atoms with E-state index in [1.54, 1.807) is 28.2 Å². The number of nitrogens with zero attached hydrogens (tertiary/aromatic N) is 10. The fourth-order valence-electron chi connectivity index (χ4n) is 2.74. The standard InChI is InChI=1S/C13H26N6O.C11H20ClN5.C4H11N.C3Cl3N3.C3H7I.C2H7NO.C2H5.CH3.2ClH.6HI.2V/c1-9(2)7-14-11-16-12(15-8-10(3)4)18-13(17-11)19(5)20-6;1-7(2)5-13-10-15-9(12)16-11(17-10)14-6-8(3)4;1-4(2)3-5;4-1-7-2(5)9-3(6)8-1;1-3(2)4;1-4-2-3;1-2;;;;;;;;;;;/h9-10H,7-8H2,1-6H3,(H2,14,15,16,17,18);7-8H,5-6H2,1-4H3,(H2,13,14,15,16,17);4H,3,5H2,1-2H3;;3H,1-2H3;2-3H2,1H3;1H2,2H3;1H3;8*1H;;/q;;;;;;2*-1;;;;;;;;;2*+3/p-6. The zero-order valence-electron chi connectivity index (χ0n) is 44.2. The Labute approximate surface area is 556 Å². The average Bonchev–Trinajstić information content (AvgIpc) is 3.23. The molecule has 0 aliphatic carbocycles. The van der Waals surface area contributed by atoms with Crippen molar-refractivity contribution in [1.29, 1.82) is 0 Å². The second-order valence-electron chi connectivity index (χ2n) is 14.9. The minimum atomic E-state index is -0.278. The van der Waals surface area contributed by atoms with Crippen LogP contribution in [0.4, 0.5) is 29.7 Å². The number of ether oxygens (including phenoxy) is 1. The van der Waals surface area contributed by atoms with Crippen molar-refractivity contribution in [2.24, 2.45) is 41.1 Å². The maximum absolute atomic E-state index is 5.84. The van der Waals surface area contributed by atoms with Crippen LogP contribution in [0.25, 0.3) is 0 Å². The van der Waals surface area contributed by atoms with Crippen molar-refractivity contribution in [3.63, 3.8) is 0 Å². The molecule has 0 aliphatic heterocycles. The van der Waals surface area contributed by atoms with E-state index in [2.05, 4.69) is 303 Å². The van der Waals surface area contributed by atoms with Crippen molar-refractivity contribution in [1.82, 2.24) is 44.9 Å². The van der Waals surface area contributed by atoms with Gasteiger partial charge in [-0.2, -0.15) is 51.8 Å². The molecule has 0 bridgehead atoms. The molecule has 0 aliphatic rings. The molecule has 33 heteroatoms. The number of halogens is 13. The van der Waals surface area contributed by atoms with E-state index in [4.69, 9.17) is 62.7 Å². The van der Waals surface area contributed by atoms with Crippen molar-refractivity contribution < 1.29 is 19.4 Å². The first-order valence-electron chi connectivity index (χ1n) is 20.9. The van der Waals surface area contributed by atoms with Crippen LogP contribution in [0.15, 0.2) is 0 Å². The van der Waals surface area contributed by atoms with E-state index in [0.29, 0.717) is 66.1 Å². The van der Waals surface area contributed by atoms with Crippen molar-refractivity contribution >= 4 is 243 Å². The first kappa shape index (κ1) is 95.1. The molecule has 8 N–H and O–H groups in total. The number of alkyl halides is 1. The molecule has 72 heavy (non-hydrogen) atoms. The summed E-state index contributed by atoms with van der Waals surface area (Å²) in [7, 11) is 4.89. The van der Waals surface area contributed by atoms with E-state index < -0.39 is 0 Å². The summed E-state index contributed by atoms with van der Waals surface area (Å²) >= 11 is 38.9. The zero-order valence-corrected chi connectivity index (χ0v) is 66.8. The van der Waals surface area contributed by atoms with Crippen LogP contribution in [-0.2, 0) is 19.4 Å². The molecule has 0 aromatic carbocycles. The van der Waals surface area contributed by atoms with Crippen LogP contribution in [0.3, 0.4) is 0 Å². The monoisotopic (exact) mass is 2010 g/mol. The van der Waals surface area contributed by atoms with Crippen LogP contribution in [-0.4, -0.2) is 110 Å². The van der Waals surface area contributed by atoms with Gasteiger partial charge in [0.25, 0.3) is 5.95 Å². The second-order valence-corrected chi connectivity index (χ2v) is 89.5. The molecule has 3 aromatic rings. The Morgan fingerprint density at radius 2 is 0.708 bits per heavy atom. The summed E-state index contributed by atoms with van der Waals surface area (Å²) in [6.45, 7) is 34.9. The van der Waals surface area contributed by atoms with Gasteiger partial charge in [-0.1, -0.05) is 106 Å². The topological polar surface area (TPSA) is 238 Å². The molecule has 3 rings (SSSR count). The van der Waals surface area contributed by atoms with Crippen molar-refractivity contribution in [3.8, 4) is 0 Å². The van der Waals surface area contributed by atoms with Gasteiger partial charge in [0.1, 0.15) is 0 Å². The third-order valence-corrected chi connectivity index (χ3v) is 6.33. The summed E-state index contributed by atoms with van der Waals surface area (Å²) in [5.41, 5.74) is 9.98. The number of hydrogen-bond donors (Lipinski definition) is 6. The van der Waals surface area contributed by atoms with Gasteiger partial charge in [-0.3, -0.25) is 4.84 Å². The quantitative estimate of drug-likeness (QED) is 0.0257. The van der Waals surface area contributed by atoms with Crippen LogP contribution < -0.4 is 37.8 Å². The molecule has 0 saturated carbocycles. The third kappa shape index (κ3) is 82.7. The molecule has 0 atom stereocenters. The zero-order chi connectivity index (χ0) is 55.2. The number of anilines is 5. The Morgan fingerprint density at radius 1 is 0.514 bits per heavy atom. The summed E-state index contributed by atoms with van der Waals surface area (Å²) in [6, 6.07) is 0. The van der Waals surface area contributed by atoms with E-state index >= 15 is 0 Å². The van der Waals surface area contributed by atoms with E-state index in [9.17, 15) is 0 Å². The van der Waals surface area contributed by atoms with Gasteiger partial charge in [-0.05, 0) is 82.5 Å². The van der Waals surface area contributed by atoms with Gasteiger partial charge >= 0.3 is 130 Å². The Hall–Kier alpha value is 3.89. The van der Waals surface area contributed by atoms with Crippen LogP contribution in [0, 0.1) is 43.9 Å². The predicted octanol–water partition coefficient (Wildman–Crippen LogP) is 15.9. The molecule has 0 spiro atoms.